The zero-order valence-electron chi connectivity index (χ0n) is 31.8. The van der Waals surface area contributed by atoms with Crippen LogP contribution in [0.1, 0.15) is 0 Å². The van der Waals surface area contributed by atoms with E-state index in [1.807, 2.05) is 0 Å². The molecule has 11 aromatic rings. The average molecular weight is 739 g/mol. The van der Waals surface area contributed by atoms with E-state index in [0.29, 0.717) is 0 Å². The van der Waals surface area contributed by atoms with Gasteiger partial charge in [0.15, 0.2) is 0 Å². The van der Waals surface area contributed by atoms with Gasteiger partial charge in [0.1, 0.15) is 0 Å². The van der Waals surface area contributed by atoms with Crippen LogP contribution >= 0.6 is 0 Å². The fourth-order valence-electron chi connectivity index (χ4n) is 8.81. The second-order valence-corrected chi connectivity index (χ2v) is 15.0. The van der Waals surface area contributed by atoms with Gasteiger partial charge in [-0.05, 0) is 122 Å². The van der Waals surface area contributed by atoms with E-state index in [9.17, 15) is 0 Å². The van der Waals surface area contributed by atoms with Crippen molar-refractivity contribution in [3.05, 3.63) is 231 Å². The van der Waals surface area contributed by atoms with Crippen molar-refractivity contribution in [1.29, 1.82) is 0 Å². The first-order valence-corrected chi connectivity index (χ1v) is 19.9. The number of benzene rings is 10. The third-order valence-corrected chi connectivity index (χ3v) is 11.5. The molecule has 1 aromatic heterocycles. The number of hydrogen-bond donors (Lipinski definition) is 0. The summed E-state index contributed by atoms with van der Waals surface area (Å²) in [6, 6.07) is 83.7. The molecule has 272 valence electrons. The summed E-state index contributed by atoms with van der Waals surface area (Å²) in [4.78, 5) is 2.38. The number of hydrogen-bond acceptors (Lipinski definition) is 1. The minimum Gasteiger partial charge on any atom is -0.310 e. The largest absolute Gasteiger partial charge is 0.310 e. The first-order chi connectivity index (χ1) is 28.8. The van der Waals surface area contributed by atoms with Gasteiger partial charge in [-0.3, -0.25) is 0 Å². The molecular formula is C56H38N2. The monoisotopic (exact) mass is 738 g/mol. The standard InChI is InChI=1S/C56H38N2/c1-3-14-39(15-4-1)40-28-32-47(33-29-40)57(48-34-30-42(31-35-48)51-25-12-19-41-16-9-10-24-50(41)51)49-23-11-20-45(36-49)52-26-13-27-54-56(52)53-37-43-17-7-8-18-44(43)38-55(53)58(54)46-21-5-2-6-22-46/h1-38H. The lowest BCUT2D eigenvalue weighted by molar-refractivity contribution is 1.18. The van der Waals surface area contributed by atoms with Gasteiger partial charge in [-0.25, -0.2) is 0 Å². The molecule has 0 spiro atoms. The minimum absolute atomic E-state index is 1.09. The van der Waals surface area contributed by atoms with Crippen molar-refractivity contribution in [2.75, 3.05) is 4.90 Å². The number of nitrogens with zero attached hydrogens (tertiary/aromatic N) is 2. The van der Waals surface area contributed by atoms with Gasteiger partial charge in [0.2, 0.25) is 0 Å². The lowest BCUT2D eigenvalue weighted by Gasteiger charge is -2.26. The molecule has 11 rings (SSSR count). The molecule has 1 heterocycles. The van der Waals surface area contributed by atoms with Crippen molar-refractivity contribution in [1.82, 2.24) is 4.57 Å². The molecule has 58 heavy (non-hydrogen) atoms. The molecule has 0 saturated heterocycles. The summed E-state index contributed by atoms with van der Waals surface area (Å²) in [5, 5.41) is 7.48. The highest BCUT2D eigenvalue weighted by Crippen LogP contribution is 2.43. The molecule has 0 saturated carbocycles. The second kappa shape index (κ2) is 14.1. The van der Waals surface area contributed by atoms with Crippen LogP contribution in [0.25, 0.3) is 82.4 Å². The Morgan fingerprint density at radius 1 is 0.293 bits per heavy atom. The van der Waals surface area contributed by atoms with Gasteiger partial charge in [-0.15, -0.1) is 0 Å². The van der Waals surface area contributed by atoms with Gasteiger partial charge in [-0.1, -0.05) is 164 Å². The van der Waals surface area contributed by atoms with E-state index in [1.54, 1.807) is 0 Å². The molecule has 0 amide bonds. The van der Waals surface area contributed by atoms with Crippen molar-refractivity contribution in [2.45, 2.75) is 0 Å². The van der Waals surface area contributed by atoms with E-state index < -0.39 is 0 Å². The second-order valence-electron chi connectivity index (χ2n) is 15.0. The Hall–Kier alpha value is -7.68. The SMILES string of the molecule is c1ccc(-c2ccc(N(c3ccc(-c4cccc5ccccc45)cc3)c3cccc(-c4cccc5c4c4cc6ccccc6cc4n5-c4ccccc4)c3)cc2)cc1. The molecule has 0 aliphatic rings. The number of aromatic nitrogens is 1. The smallest absolute Gasteiger partial charge is 0.0547 e. The third kappa shape index (κ3) is 5.82. The number of para-hydroxylation sites is 1. The zero-order valence-corrected chi connectivity index (χ0v) is 31.8. The topological polar surface area (TPSA) is 8.17 Å². The number of fused-ring (bicyclic) bond motifs is 5. The minimum atomic E-state index is 1.09. The quantitative estimate of drug-likeness (QED) is 0.158. The van der Waals surface area contributed by atoms with Crippen molar-refractivity contribution in [3.63, 3.8) is 0 Å². The molecule has 0 unspecified atom stereocenters. The summed E-state index contributed by atoms with van der Waals surface area (Å²) in [6.45, 7) is 0. The Kier molecular flexibility index (Phi) is 8.19. The van der Waals surface area contributed by atoms with E-state index in [-0.39, 0.29) is 0 Å². The van der Waals surface area contributed by atoms with Gasteiger partial charge < -0.3 is 9.47 Å². The number of anilines is 3. The molecule has 0 aliphatic carbocycles. The molecule has 0 N–H and O–H groups in total. The molecule has 2 nitrogen and oxygen atoms in total. The molecule has 10 aromatic carbocycles. The summed E-state index contributed by atoms with van der Waals surface area (Å²) < 4.78 is 2.42. The summed E-state index contributed by atoms with van der Waals surface area (Å²) in [7, 11) is 0. The molecule has 0 fully saturated rings. The third-order valence-electron chi connectivity index (χ3n) is 11.5. The Bertz CT molecular complexity index is 3250. The molecule has 0 aliphatic heterocycles. The highest BCUT2D eigenvalue weighted by atomic mass is 15.1. The first-order valence-electron chi connectivity index (χ1n) is 19.9. The maximum absolute atomic E-state index is 2.42. The maximum Gasteiger partial charge on any atom is 0.0547 e. The van der Waals surface area contributed by atoms with Crippen LogP contribution in [-0.4, -0.2) is 4.57 Å². The average Bonchev–Trinajstić information content (AvgIpc) is 3.62. The normalized spacial score (nSPS) is 11.4. The van der Waals surface area contributed by atoms with Crippen LogP contribution < -0.4 is 4.90 Å². The van der Waals surface area contributed by atoms with E-state index in [2.05, 4.69) is 240 Å². The fourth-order valence-corrected chi connectivity index (χ4v) is 8.81. The van der Waals surface area contributed by atoms with Crippen LogP contribution in [0, 0.1) is 0 Å². The van der Waals surface area contributed by atoms with Crippen LogP contribution in [-0.2, 0) is 0 Å². The molecule has 0 radical (unpaired) electrons. The summed E-state index contributed by atoms with van der Waals surface area (Å²) in [5.41, 5.74) is 14.0. The number of rotatable bonds is 7. The Balaban J connectivity index is 1.08. The highest BCUT2D eigenvalue weighted by molar-refractivity contribution is 6.18. The predicted octanol–water partition coefficient (Wildman–Crippen LogP) is 15.6. The molecule has 0 bridgehead atoms. The lowest BCUT2D eigenvalue weighted by Crippen LogP contribution is -2.10. The molecule has 0 atom stereocenters. The van der Waals surface area contributed by atoms with Crippen LogP contribution in [0.5, 0.6) is 0 Å². The van der Waals surface area contributed by atoms with Crippen LogP contribution in [0.15, 0.2) is 231 Å². The molecular weight excluding hydrogens is 701 g/mol. The van der Waals surface area contributed by atoms with Crippen LogP contribution in [0.4, 0.5) is 17.1 Å². The fraction of sp³-hybridized carbons (Fsp3) is 0. The van der Waals surface area contributed by atoms with E-state index >= 15 is 0 Å². The Labute approximate surface area is 338 Å². The summed E-state index contributed by atoms with van der Waals surface area (Å²) >= 11 is 0. The Morgan fingerprint density at radius 2 is 0.845 bits per heavy atom. The lowest BCUT2D eigenvalue weighted by atomic mass is 9.97. The predicted molar refractivity (Wildman–Crippen MR) is 247 cm³/mol. The van der Waals surface area contributed by atoms with Crippen molar-refractivity contribution >= 4 is 60.4 Å². The zero-order chi connectivity index (χ0) is 38.4. The van der Waals surface area contributed by atoms with E-state index in [4.69, 9.17) is 0 Å². The summed E-state index contributed by atoms with van der Waals surface area (Å²) in [5.74, 6) is 0. The Morgan fingerprint density at radius 3 is 1.60 bits per heavy atom. The van der Waals surface area contributed by atoms with Gasteiger partial charge in [0.05, 0.1) is 11.0 Å². The maximum atomic E-state index is 2.42. The van der Waals surface area contributed by atoms with Crippen molar-refractivity contribution in [2.24, 2.45) is 0 Å². The van der Waals surface area contributed by atoms with Gasteiger partial charge in [0.25, 0.3) is 0 Å². The van der Waals surface area contributed by atoms with Gasteiger partial charge >= 0.3 is 0 Å². The highest BCUT2D eigenvalue weighted by Gasteiger charge is 2.19. The van der Waals surface area contributed by atoms with Gasteiger partial charge in [-0.2, -0.15) is 0 Å². The molecule has 2 heteroatoms. The van der Waals surface area contributed by atoms with Crippen LogP contribution in [0.2, 0.25) is 0 Å². The van der Waals surface area contributed by atoms with E-state index in [0.717, 1.165) is 22.7 Å². The van der Waals surface area contributed by atoms with Crippen molar-refractivity contribution in [3.8, 4) is 39.1 Å². The van der Waals surface area contributed by atoms with Gasteiger partial charge in [0, 0.05) is 33.5 Å². The van der Waals surface area contributed by atoms with E-state index in [1.165, 1.54) is 76.7 Å². The first kappa shape index (κ1) is 33.6. The van der Waals surface area contributed by atoms with Crippen LogP contribution in [0.3, 0.4) is 0 Å². The summed E-state index contributed by atoms with van der Waals surface area (Å²) in [6.07, 6.45) is 0. The van der Waals surface area contributed by atoms with Crippen molar-refractivity contribution < 1.29 is 0 Å².